The third-order valence-corrected chi connectivity index (χ3v) is 4.23. The minimum absolute atomic E-state index is 0.0569. The lowest BCUT2D eigenvalue weighted by Crippen LogP contribution is -2.47. The zero-order valence-corrected chi connectivity index (χ0v) is 13.8. The van der Waals surface area contributed by atoms with Gasteiger partial charge in [-0.3, -0.25) is 9.36 Å². The Morgan fingerprint density at radius 3 is 2.84 bits per heavy atom. The van der Waals surface area contributed by atoms with Gasteiger partial charge in [0, 0.05) is 6.20 Å². The number of aliphatic hydroxyl groups is 3. The van der Waals surface area contributed by atoms with E-state index in [1.54, 1.807) is 0 Å². The van der Waals surface area contributed by atoms with Crippen molar-refractivity contribution in [2.24, 2.45) is 0 Å². The number of nitrogens with zero attached hydrogens (tertiary/aromatic N) is 2. The molecule has 2 aromatic heterocycles. The number of aromatic nitrogens is 3. The Labute approximate surface area is 141 Å². The molecule has 0 aliphatic carbocycles. The minimum Gasteiger partial charge on any atom is -0.391 e. The normalized spacial score (nSPS) is 30.3. The first kappa shape index (κ1) is 17.6. The average molecular weight is 351 g/mol. The number of rotatable bonds is 2. The fourth-order valence-corrected chi connectivity index (χ4v) is 3.11. The van der Waals surface area contributed by atoms with E-state index in [0.29, 0.717) is 0 Å². The number of halogens is 1. The molecule has 1 fully saturated rings. The summed E-state index contributed by atoms with van der Waals surface area (Å²) in [5, 5.41) is 30.8. The molecule has 134 valence electrons. The van der Waals surface area contributed by atoms with Crippen LogP contribution in [0.1, 0.15) is 25.9 Å². The highest BCUT2D eigenvalue weighted by molar-refractivity contribution is 5.76. The molecule has 0 spiro atoms. The average Bonchev–Trinajstić information content (AvgIpc) is 2.96. The SMILES string of the molecule is CC#CC1(O)[C@@H](O)[C@@H]([C@@H](C)O)O[C@H]1n1cc(F)c2c(=O)[nH]c(C)nc21. The third kappa shape index (κ3) is 2.54. The highest BCUT2D eigenvalue weighted by atomic mass is 19.1. The predicted octanol–water partition coefficient (Wildman–Crippen LogP) is -0.434. The van der Waals surface area contributed by atoms with Crippen LogP contribution in [0.4, 0.5) is 4.39 Å². The molecule has 2 aromatic rings. The number of H-pyrrole nitrogens is 1. The second kappa shape index (κ2) is 5.93. The summed E-state index contributed by atoms with van der Waals surface area (Å²) in [6.07, 6.45) is -4.23. The van der Waals surface area contributed by atoms with E-state index in [1.807, 2.05) is 0 Å². The van der Waals surface area contributed by atoms with Gasteiger partial charge in [0.25, 0.3) is 5.56 Å². The molecule has 0 saturated carbocycles. The first-order valence-corrected chi connectivity index (χ1v) is 7.65. The maximum absolute atomic E-state index is 14.3. The van der Waals surface area contributed by atoms with Gasteiger partial charge in [0.1, 0.15) is 23.4 Å². The van der Waals surface area contributed by atoms with E-state index in [-0.39, 0.29) is 16.9 Å². The van der Waals surface area contributed by atoms with Crippen LogP contribution in [0.25, 0.3) is 11.0 Å². The Morgan fingerprint density at radius 2 is 2.24 bits per heavy atom. The van der Waals surface area contributed by atoms with E-state index in [2.05, 4.69) is 21.8 Å². The molecule has 1 aliphatic heterocycles. The van der Waals surface area contributed by atoms with Crippen LogP contribution in [0, 0.1) is 24.6 Å². The van der Waals surface area contributed by atoms with Crippen LogP contribution in [0.2, 0.25) is 0 Å². The lowest BCUT2D eigenvalue weighted by molar-refractivity contribution is -0.0846. The smallest absolute Gasteiger partial charge is 0.263 e. The van der Waals surface area contributed by atoms with Crippen molar-refractivity contribution < 1.29 is 24.4 Å². The number of hydrogen-bond acceptors (Lipinski definition) is 6. The van der Waals surface area contributed by atoms with E-state index < -0.39 is 41.5 Å². The van der Waals surface area contributed by atoms with Crippen LogP contribution in [0.3, 0.4) is 0 Å². The van der Waals surface area contributed by atoms with E-state index in [0.717, 1.165) is 10.8 Å². The largest absolute Gasteiger partial charge is 0.391 e. The van der Waals surface area contributed by atoms with Crippen molar-refractivity contribution in [2.75, 3.05) is 0 Å². The Hall–Kier alpha value is -2.25. The first-order valence-electron chi connectivity index (χ1n) is 7.65. The second-order valence-corrected chi connectivity index (χ2v) is 6.07. The van der Waals surface area contributed by atoms with Gasteiger partial charge < -0.3 is 25.0 Å². The van der Waals surface area contributed by atoms with E-state index >= 15 is 0 Å². The van der Waals surface area contributed by atoms with Gasteiger partial charge in [0.2, 0.25) is 0 Å². The summed E-state index contributed by atoms with van der Waals surface area (Å²) in [6.45, 7) is 4.37. The summed E-state index contributed by atoms with van der Waals surface area (Å²) < 4.78 is 21.0. The van der Waals surface area contributed by atoms with Gasteiger partial charge >= 0.3 is 0 Å². The number of fused-ring (bicyclic) bond motifs is 1. The quantitative estimate of drug-likeness (QED) is 0.545. The molecule has 0 amide bonds. The molecule has 0 aromatic carbocycles. The molecular formula is C16H18FN3O5. The van der Waals surface area contributed by atoms with Gasteiger partial charge in [-0.25, -0.2) is 9.37 Å². The van der Waals surface area contributed by atoms with Crippen LogP contribution in [-0.4, -0.2) is 53.8 Å². The monoisotopic (exact) mass is 351 g/mol. The molecule has 9 heteroatoms. The van der Waals surface area contributed by atoms with Crippen molar-refractivity contribution in [1.29, 1.82) is 0 Å². The Balaban J connectivity index is 2.25. The number of hydrogen-bond donors (Lipinski definition) is 4. The molecule has 3 rings (SSSR count). The van der Waals surface area contributed by atoms with Crippen molar-refractivity contribution in [3.63, 3.8) is 0 Å². The minimum atomic E-state index is -2.12. The Morgan fingerprint density at radius 1 is 1.56 bits per heavy atom. The number of ether oxygens (including phenoxy) is 1. The van der Waals surface area contributed by atoms with Crippen molar-refractivity contribution in [3.8, 4) is 11.8 Å². The highest BCUT2D eigenvalue weighted by Gasteiger charge is 2.57. The topological polar surface area (TPSA) is 121 Å². The van der Waals surface area contributed by atoms with Gasteiger partial charge in [0.05, 0.1) is 6.10 Å². The molecule has 4 N–H and O–H groups in total. The van der Waals surface area contributed by atoms with Crippen LogP contribution < -0.4 is 5.56 Å². The lowest BCUT2D eigenvalue weighted by atomic mass is 9.93. The Kier molecular flexibility index (Phi) is 4.17. The number of aromatic amines is 1. The van der Waals surface area contributed by atoms with E-state index in [9.17, 15) is 24.5 Å². The zero-order valence-electron chi connectivity index (χ0n) is 13.8. The second-order valence-electron chi connectivity index (χ2n) is 6.07. The summed E-state index contributed by atoms with van der Waals surface area (Å²) in [6, 6.07) is 0. The summed E-state index contributed by atoms with van der Waals surface area (Å²) in [5.74, 6) is 4.36. The number of nitrogens with one attached hydrogen (secondary N) is 1. The fourth-order valence-electron chi connectivity index (χ4n) is 3.11. The van der Waals surface area contributed by atoms with Crippen LogP contribution in [0.5, 0.6) is 0 Å². The molecular weight excluding hydrogens is 333 g/mol. The van der Waals surface area contributed by atoms with Gasteiger partial charge in [0.15, 0.2) is 23.3 Å². The maximum Gasteiger partial charge on any atom is 0.263 e. The molecule has 1 saturated heterocycles. The molecule has 25 heavy (non-hydrogen) atoms. The maximum atomic E-state index is 14.3. The van der Waals surface area contributed by atoms with E-state index in [1.165, 1.54) is 20.8 Å². The van der Waals surface area contributed by atoms with Crippen molar-refractivity contribution in [3.05, 3.63) is 28.2 Å². The Bertz CT molecular complexity index is 941. The van der Waals surface area contributed by atoms with Gasteiger partial charge in [-0.05, 0) is 20.8 Å². The predicted molar refractivity (Wildman–Crippen MR) is 85.0 cm³/mol. The molecule has 1 unspecified atom stereocenters. The summed E-state index contributed by atoms with van der Waals surface area (Å²) in [5.41, 5.74) is -2.85. The molecule has 8 nitrogen and oxygen atoms in total. The summed E-state index contributed by atoms with van der Waals surface area (Å²) in [7, 11) is 0. The van der Waals surface area contributed by atoms with Crippen LogP contribution in [0.15, 0.2) is 11.0 Å². The number of aliphatic hydroxyl groups excluding tert-OH is 2. The number of aryl methyl sites for hydroxylation is 1. The fraction of sp³-hybridized carbons (Fsp3) is 0.500. The van der Waals surface area contributed by atoms with Gasteiger partial charge in [-0.1, -0.05) is 5.92 Å². The van der Waals surface area contributed by atoms with E-state index in [4.69, 9.17) is 4.74 Å². The molecule has 3 heterocycles. The van der Waals surface area contributed by atoms with Crippen molar-refractivity contribution >= 4 is 11.0 Å². The van der Waals surface area contributed by atoms with Crippen LogP contribution >= 0.6 is 0 Å². The lowest BCUT2D eigenvalue weighted by Gasteiger charge is -2.26. The van der Waals surface area contributed by atoms with Crippen molar-refractivity contribution in [1.82, 2.24) is 14.5 Å². The van der Waals surface area contributed by atoms with Gasteiger partial charge in [-0.2, -0.15) is 0 Å². The van der Waals surface area contributed by atoms with Gasteiger partial charge in [-0.15, -0.1) is 5.92 Å². The van der Waals surface area contributed by atoms with Crippen molar-refractivity contribution in [2.45, 2.75) is 50.9 Å². The standard InChI is InChI=1S/C16H18FN3O5/c1-4-5-16(24)12(22)11(7(2)21)25-15(16)20-6-9(17)10-13(20)18-8(3)19-14(10)23/h6-7,11-12,15,21-22,24H,1-3H3,(H,18,19,23)/t7-,11-,12+,15-,16?/m1/s1. The molecule has 0 radical (unpaired) electrons. The molecule has 5 atom stereocenters. The molecule has 0 bridgehead atoms. The summed E-state index contributed by atoms with van der Waals surface area (Å²) in [4.78, 5) is 18.5. The van der Waals surface area contributed by atoms with Crippen LogP contribution in [-0.2, 0) is 4.74 Å². The zero-order chi connectivity index (χ0) is 18.5. The molecule has 1 aliphatic rings. The highest BCUT2D eigenvalue weighted by Crippen LogP contribution is 2.41. The third-order valence-electron chi connectivity index (χ3n) is 4.23. The first-order chi connectivity index (χ1) is 11.7. The summed E-state index contributed by atoms with van der Waals surface area (Å²) >= 11 is 0.